The summed E-state index contributed by atoms with van der Waals surface area (Å²) in [4.78, 5) is 17.4. The lowest BCUT2D eigenvalue weighted by Crippen LogP contribution is -2.51. The number of sulfonamides is 1. The maximum Gasteiger partial charge on any atom is 0.261 e. The largest absolute Gasteiger partial charge is 0.494 e. The average molecular weight is 458 g/mol. The van der Waals surface area contributed by atoms with Gasteiger partial charge in [-0.05, 0) is 68.3 Å². The van der Waals surface area contributed by atoms with E-state index < -0.39 is 10.0 Å². The summed E-state index contributed by atoms with van der Waals surface area (Å²) in [5.74, 6) is 0.641. The molecular formula is C24H31N3O4S. The van der Waals surface area contributed by atoms with Gasteiger partial charge in [0.05, 0.1) is 11.5 Å². The number of nitrogens with zero attached hydrogens (tertiary/aromatic N) is 2. The molecule has 0 bridgehead atoms. The molecular weight excluding hydrogens is 426 g/mol. The molecule has 1 saturated heterocycles. The van der Waals surface area contributed by atoms with Gasteiger partial charge in [0.15, 0.2) is 0 Å². The Morgan fingerprint density at radius 2 is 1.59 bits per heavy atom. The predicted molar refractivity (Wildman–Crippen MR) is 125 cm³/mol. The number of hydrogen-bond acceptors (Lipinski definition) is 5. The highest BCUT2D eigenvalue weighted by molar-refractivity contribution is 7.92. The topological polar surface area (TPSA) is 78.9 Å². The summed E-state index contributed by atoms with van der Waals surface area (Å²) in [5, 5.41) is 0. The molecule has 1 aliphatic heterocycles. The number of hydrogen-bond donors (Lipinski definition) is 1. The molecule has 2 aromatic carbocycles. The van der Waals surface area contributed by atoms with Crippen LogP contribution in [0.3, 0.4) is 0 Å². The SMILES string of the molecule is CCOc1ccc(NS(=O)(=O)c2ccc(C(=O)N3CCN(C4CCCC4)CC3)cc2)cc1. The Morgan fingerprint density at radius 3 is 2.19 bits per heavy atom. The summed E-state index contributed by atoms with van der Waals surface area (Å²) in [6.07, 6.45) is 5.17. The first-order valence-electron chi connectivity index (χ1n) is 11.4. The minimum atomic E-state index is -3.74. The van der Waals surface area contributed by atoms with Crippen molar-refractivity contribution in [2.45, 2.75) is 43.5 Å². The number of rotatable bonds is 7. The van der Waals surface area contributed by atoms with E-state index in [1.54, 1.807) is 36.4 Å². The highest BCUT2D eigenvalue weighted by atomic mass is 32.2. The van der Waals surface area contributed by atoms with Gasteiger partial charge in [0.1, 0.15) is 5.75 Å². The fourth-order valence-corrected chi connectivity index (χ4v) is 5.58. The molecule has 8 heteroatoms. The molecule has 1 aliphatic carbocycles. The summed E-state index contributed by atoms with van der Waals surface area (Å²) < 4.78 is 33.4. The third-order valence-corrected chi connectivity index (χ3v) is 7.67. The number of ether oxygens (including phenoxy) is 1. The molecule has 1 heterocycles. The normalized spacial score (nSPS) is 18.0. The summed E-state index contributed by atoms with van der Waals surface area (Å²) in [6, 6.07) is 13.6. The molecule has 1 N–H and O–H groups in total. The van der Waals surface area contributed by atoms with E-state index in [1.165, 1.54) is 37.8 Å². The second kappa shape index (κ2) is 9.92. The number of carbonyl (C=O) groups excluding carboxylic acids is 1. The number of carbonyl (C=O) groups is 1. The first-order valence-corrected chi connectivity index (χ1v) is 12.8. The molecule has 1 amide bonds. The smallest absolute Gasteiger partial charge is 0.261 e. The van der Waals surface area contributed by atoms with Crippen molar-refractivity contribution in [1.82, 2.24) is 9.80 Å². The Hall–Kier alpha value is -2.58. The molecule has 1 saturated carbocycles. The lowest BCUT2D eigenvalue weighted by Gasteiger charge is -2.38. The molecule has 2 aliphatic rings. The molecule has 0 radical (unpaired) electrons. The van der Waals surface area contributed by atoms with Crippen LogP contribution in [0.2, 0.25) is 0 Å². The van der Waals surface area contributed by atoms with Gasteiger partial charge in [-0.25, -0.2) is 8.42 Å². The van der Waals surface area contributed by atoms with Crippen LogP contribution in [-0.2, 0) is 10.0 Å². The molecule has 0 atom stereocenters. The van der Waals surface area contributed by atoms with Crippen LogP contribution in [-0.4, -0.2) is 63.0 Å². The van der Waals surface area contributed by atoms with Crippen molar-refractivity contribution in [2.24, 2.45) is 0 Å². The van der Waals surface area contributed by atoms with E-state index in [-0.39, 0.29) is 10.8 Å². The Morgan fingerprint density at radius 1 is 0.969 bits per heavy atom. The van der Waals surface area contributed by atoms with Gasteiger partial charge in [-0.3, -0.25) is 14.4 Å². The van der Waals surface area contributed by atoms with Crippen LogP contribution in [0.25, 0.3) is 0 Å². The molecule has 32 heavy (non-hydrogen) atoms. The van der Waals surface area contributed by atoms with E-state index in [0.717, 1.165) is 13.1 Å². The maximum absolute atomic E-state index is 12.9. The van der Waals surface area contributed by atoms with Crippen molar-refractivity contribution >= 4 is 21.6 Å². The third-order valence-electron chi connectivity index (χ3n) is 6.27. The molecule has 2 fully saturated rings. The van der Waals surface area contributed by atoms with Gasteiger partial charge in [0.2, 0.25) is 0 Å². The van der Waals surface area contributed by atoms with Gasteiger partial charge in [-0.15, -0.1) is 0 Å². The van der Waals surface area contributed by atoms with E-state index in [2.05, 4.69) is 9.62 Å². The monoisotopic (exact) mass is 457 g/mol. The van der Waals surface area contributed by atoms with Crippen LogP contribution >= 0.6 is 0 Å². The van der Waals surface area contributed by atoms with E-state index in [0.29, 0.717) is 42.7 Å². The minimum Gasteiger partial charge on any atom is -0.494 e. The molecule has 0 aromatic heterocycles. The van der Waals surface area contributed by atoms with Crippen LogP contribution in [0, 0.1) is 0 Å². The van der Waals surface area contributed by atoms with Crippen LogP contribution in [0.5, 0.6) is 5.75 Å². The van der Waals surface area contributed by atoms with Crippen molar-refractivity contribution in [3.63, 3.8) is 0 Å². The van der Waals surface area contributed by atoms with Gasteiger partial charge in [0, 0.05) is 43.5 Å². The van der Waals surface area contributed by atoms with E-state index in [4.69, 9.17) is 4.74 Å². The standard InChI is InChI=1S/C24H31N3O4S/c1-2-31-22-11-9-20(10-12-22)25-32(29,30)23-13-7-19(8-14-23)24(28)27-17-15-26(16-18-27)21-5-3-4-6-21/h7-14,21,25H,2-6,15-18H2,1H3. The maximum atomic E-state index is 12.9. The second-order valence-electron chi connectivity index (χ2n) is 8.35. The Bertz CT molecular complexity index is 1010. The van der Waals surface area contributed by atoms with Crippen molar-refractivity contribution in [1.29, 1.82) is 0 Å². The highest BCUT2D eigenvalue weighted by Crippen LogP contribution is 2.25. The Balaban J connectivity index is 1.36. The summed E-state index contributed by atoms with van der Waals surface area (Å²) >= 11 is 0. The minimum absolute atomic E-state index is 0.0421. The van der Waals surface area contributed by atoms with Crippen molar-refractivity contribution < 1.29 is 17.9 Å². The molecule has 172 valence electrons. The fourth-order valence-electron chi connectivity index (χ4n) is 4.52. The molecule has 2 aromatic rings. The highest BCUT2D eigenvalue weighted by Gasteiger charge is 2.28. The van der Waals surface area contributed by atoms with Crippen LogP contribution in [0.15, 0.2) is 53.4 Å². The lowest BCUT2D eigenvalue weighted by molar-refractivity contribution is 0.0573. The third kappa shape index (κ3) is 5.24. The molecule has 4 rings (SSSR count). The van der Waals surface area contributed by atoms with Crippen molar-refractivity contribution in [3.05, 3.63) is 54.1 Å². The van der Waals surface area contributed by atoms with Crippen molar-refractivity contribution in [2.75, 3.05) is 37.5 Å². The van der Waals surface area contributed by atoms with E-state index >= 15 is 0 Å². The number of amides is 1. The molecule has 7 nitrogen and oxygen atoms in total. The lowest BCUT2D eigenvalue weighted by atomic mass is 10.1. The zero-order chi connectivity index (χ0) is 22.6. The zero-order valence-electron chi connectivity index (χ0n) is 18.5. The van der Waals surface area contributed by atoms with Gasteiger partial charge in [-0.1, -0.05) is 12.8 Å². The zero-order valence-corrected chi connectivity index (χ0v) is 19.3. The second-order valence-corrected chi connectivity index (χ2v) is 10.0. The summed E-state index contributed by atoms with van der Waals surface area (Å²) in [7, 11) is -3.74. The fraction of sp³-hybridized carbons (Fsp3) is 0.458. The van der Waals surface area contributed by atoms with E-state index in [1.807, 2.05) is 11.8 Å². The number of benzene rings is 2. The molecule has 0 spiro atoms. The van der Waals surface area contributed by atoms with Crippen LogP contribution in [0.4, 0.5) is 5.69 Å². The summed E-state index contributed by atoms with van der Waals surface area (Å²) in [5.41, 5.74) is 0.966. The van der Waals surface area contributed by atoms with Gasteiger partial charge < -0.3 is 9.64 Å². The number of piperazine rings is 1. The first kappa shape index (κ1) is 22.6. The number of anilines is 1. The Labute approximate surface area is 190 Å². The van der Waals surface area contributed by atoms with Crippen LogP contribution < -0.4 is 9.46 Å². The molecule has 0 unspecified atom stereocenters. The van der Waals surface area contributed by atoms with E-state index in [9.17, 15) is 13.2 Å². The summed E-state index contributed by atoms with van der Waals surface area (Å²) in [6.45, 7) is 5.70. The Kier molecular flexibility index (Phi) is 7.01. The van der Waals surface area contributed by atoms with Crippen molar-refractivity contribution in [3.8, 4) is 5.75 Å². The van der Waals surface area contributed by atoms with Crippen LogP contribution in [0.1, 0.15) is 43.0 Å². The van der Waals surface area contributed by atoms with Gasteiger partial charge >= 0.3 is 0 Å². The number of nitrogens with one attached hydrogen (secondary N) is 1. The van der Waals surface area contributed by atoms with Gasteiger partial charge in [0.25, 0.3) is 15.9 Å². The predicted octanol–water partition coefficient (Wildman–Crippen LogP) is 3.59. The quantitative estimate of drug-likeness (QED) is 0.688. The van der Waals surface area contributed by atoms with Gasteiger partial charge in [-0.2, -0.15) is 0 Å². The first-order chi connectivity index (χ1) is 15.5. The average Bonchev–Trinajstić information content (AvgIpc) is 3.35.